The summed E-state index contributed by atoms with van der Waals surface area (Å²) in [5.74, 6) is -3.33. The second-order valence-corrected chi connectivity index (χ2v) is 14.3. The van der Waals surface area contributed by atoms with Gasteiger partial charge < -0.3 is 30.3 Å². The Kier molecular flexibility index (Phi) is 11.9. The van der Waals surface area contributed by atoms with Crippen molar-refractivity contribution in [3.63, 3.8) is 0 Å². The third kappa shape index (κ3) is 10.7. The zero-order valence-electron chi connectivity index (χ0n) is 27.8. The van der Waals surface area contributed by atoms with Crippen LogP contribution in [0.25, 0.3) is 0 Å². The SMILES string of the molecule is CC(C)[C@H](NC(=O)[C@@H](NC(=O)c1cnccn1)C1CCCCC1)C(=O)NC1CN(C(=O)OC(C)(C)C)CC1C(=O)OC(C)(C)C. The number of amides is 4. The molecule has 0 aromatic carbocycles. The van der Waals surface area contributed by atoms with Crippen LogP contribution in [0.2, 0.25) is 0 Å². The van der Waals surface area contributed by atoms with Crippen molar-refractivity contribution in [2.24, 2.45) is 17.8 Å². The predicted octanol–water partition coefficient (Wildman–Crippen LogP) is 2.99. The quantitative estimate of drug-likeness (QED) is 0.347. The molecule has 2 unspecified atom stereocenters. The molecule has 1 saturated heterocycles. The van der Waals surface area contributed by atoms with E-state index in [-0.39, 0.29) is 30.6 Å². The number of likely N-dealkylation sites (tertiary alicyclic amines) is 1. The summed E-state index contributed by atoms with van der Waals surface area (Å²) in [6.07, 6.45) is 8.04. The second-order valence-electron chi connectivity index (χ2n) is 14.3. The summed E-state index contributed by atoms with van der Waals surface area (Å²) in [6, 6.07) is -2.63. The van der Waals surface area contributed by atoms with Crippen LogP contribution >= 0.6 is 0 Å². The lowest BCUT2D eigenvalue weighted by Gasteiger charge is -2.32. The third-order valence-electron chi connectivity index (χ3n) is 7.74. The van der Waals surface area contributed by atoms with Crippen molar-refractivity contribution in [1.29, 1.82) is 0 Å². The molecule has 1 aromatic rings. The van der Waals surface area contributed by atoms with E-state index in [1.165, 1.54) is 23.5 Å². The highest BCUT2D eigenvalue weighted by atomic mass is 16.6. The Morgan fingerprint density at radius 2 is 1.51 bits per heavy atom. The van der Waals surface area contributed by atoms with E-state index in [1.54, 1.807) is 55.4 Å². The van der Waals surface area contributed by atoms with E-state index in [2.05, 4.69) is 25.9 Å². The second kappa shape index (κ2) is 15.0. The minimum atomic E-state index is -0.980. The number of ether oxygens (including phenoxy) is 2. The zero-order valence-corrected chi connectivity index (χ0v) is 27.8. The Balaban J connectivity index is 1.79. The van der Waals surface area contributed by atoms with Gasteiger partial charge in [0.25, 0.3) is 5.91 Å². The zero-order chi connectivity index (χ0) is 33.5. The van der Waals surface area contributed by atoms with E-state index in [4.69, 9.17) is 9.47 Å². The summed E-state index contributed by atoms with van der Waals surface area (Å²) < 4.78 is 11.1. The fourth-order valence-electron chi connectivity index (χ4n) is 5.59. The number of rotatable bonds is 9. The molecule has 4 atom stereocenters. The average Bonchev–Trinajstić information content (AvgIpc) is 3.37. The van der Waals surface area contributed by atoms with Crippen LogP contribution in [-0.2, 0) is 23.9 Å². The largest absolute Gasteiger partial charge is 0.460 e. The third-order valence-corrected chi connectivity index (χ3v) is 7.74. The van der Waals surface area contributed by atoms with E-state index in [9.17, 15) is 24.0 Å². The van der Waals surface area contributed by atoms with Gasteiger partial charge in [0.1, 0.15) is 29.0 Å². The molecule has 250 valence electrons. The molecule has 45 heavy (non-hydrogen) atoms. The van der Waals surface area contributed by atoms with Crippen molar-refractivity contribution < 1.29 is 33.4 Å². The van der Waals surface area contributed by atoms with Crippen molar-refractivity contribution in [1.82, 2.24) is 30.8 Å². The topological polar surface area (TPSA) is 169 Å². The van der Waals surface area contributed by atoms with Gasteiger partial charge in [-0.25, -0.2) is 9.78 Å². The highest BCUT2D eigenvalue weighted by molar-refractivity contribution is 5.97. The number of nitrogens with one attached hydrogen (secondary N) is 3. The summed E-state index contributed by atoms with van der Waals surface area (Å²) in [6.45, 7) is 14.1. The maximum absolute atomic E-state index is 13.8. The first-order chi connectivity index (χ1) is 20.9. The van der Waals surface area contributed by atoms with Crippen LogP contribution in [0.4, 0.5) is 4.79 Å². The first-order valence-corrected chi connectivity index (χ1v) is 15.8. The lowest BCUT2D eigenvalue weighted by atomic mass is 9.83. The lowest BCUT2D eigenvalue weighted by molar-refractivity contribution is -0.160. The maximum atomic E-state index is 13.8. The molecule has 2 fully saturated rings. The molecule has 1 aliphatic heterocycles. The summed E-state index contributed by atoms with van der Waals surface area (Å²) in [5.41, 5.74) is -1.43. The van der Waals surface area contributed by atoms with E-state index >= 15 is 0 Å². The van der Waals surface area contributed by atoms with Crippen LogP contribution in [0.15, 0.2) is 18.6 Å². The first-order valence-electron chi connectivity index (χ1n) is 15.8. The van der Waals surface area contributed by atoms with Gasteiger partial charge in [-0.05, 0) is 66.2 Å². The van der Waals surface area contributed by atoms with Gasteiger partial charge in [-0.2, -0.15) is 0 Å². The Morgan fingerprint density at radius 3 is 2.07 bits per heavy atom. The van der Waals surface area contributed by atoms with Gasteiger partial charge in [-0.1, -0.05) is 33.1 Å². The molecular formula is C32H50N6O7. The smallest absolute Gasteiger partial charge is 0.410 e. The Labute approximate surface area is 266 Å². The van der Waals surface area contributed by atoms with Gasteiger partial charge in [0.15, 0.2) is 0 Å². The van der Waals surface area contributed by atoms with Crippen molar-refractivity contribution in [3.8, 4) is 0 Å². The van der Waals surface area contributed by atoms with Gasteiger partial charge in [-0.3, -0.25) is 24.2 Å². The van der Waals surface area contributed by atoms with Crippen molar-refractivity contribution in [3.05, 3.63) is 24.3 Å². The summed E-state index contributed by atoms with van der Waals surface area (Å²) >= 11 is 0. The number of esters is 1. The van der Waals surface area contributed by atoms with E-state index in [0.29, 0.717) is 0 Å². The molecule has 3 N–H and O–H groups in total. The van der Waals surface area contributed by atoms with Crippen LogP contribution in [-0.4, -0.2) is 87.1 Å². The molecule has 13 nitrogen and oxygen atoms in total. The fourth-order valence-corrected chi connectivity index (χ4v) is 5.59. The van der Waals surface area contributed by atoms with E-state index in [0.717, 1.165) is 32.1 Å². The standard InChI is InChI=1S/C32H50N6O7/c1-19(2)24(36-28(41)25(20-12-10-9-11-13-20)37-26(39)22-16-33-14-15-34-22)27(40)35-23-18-38(30(43)45-32(6,7)8)17-21(23)29(42)44-31(3,4)5/h14-16,19-21,23-25H,9-13,17-18H2,1-8H3,(H,35,40)(H,36,41)(H,37,39)/t21?,23?,24-,25-/m0/s1. The van der Waals surface area contributed by atoms with Crippen molar-refractivity contribution in [2.75, 3.05) is 13.1 Å². The van der Waals surface area contributed by atoms with Crippen LogP contribution in [0.3, 0.4) is 0 Å². The van der Waals surface area contributed by atoms with E-state index < -0.39 is 65.0 Å². The molecular weight excluding hydrogens is 580 g/mol. The van der Waals surface area contributed by atoms with Crippen LogP contribution in [0.5, 0.6) is 0 Å². The van der Waals surface area contributed by atoms with Gasteiger partial charge in [0.05, 0.1) is 18.2 Å². The summed E-state index contributed by atoms with van der Waals surface area (Å²) in [4.78, 5) is 76.0. The van der Waals surface area contributed by atoms with Crippen molar-refractivity contribution >= 4 is 29.8 Å². The molecule has 13 heteroatoms. The van der Waals surface area contributed by atoms with Gasteiger partial charge in [-0.15, -0.1) is 0 Å². The minimum absolute atomic E-state index is 0.00560. The molecule has 3 rings (SSSR count). The van der Waals surface area contributed by atoms with Crippen LogP contribution in [0, 0.1) is 17.8 Å². The minimum Gasteiger partial charge on any atom is -0.460 e. The molecule has 1 aromatic heterocycles. The molecule has 0 bridgehead atoms. The highest BCUT2D eigenvalue weighted by Gasteiger charge is 2.45. The normalized spacial score (nSPS) is 20.6. The average molecular weight is 631 g/mol. The summed E-state index contributed by atoms with van der Waals surface area (Å²) in [5, 5.41) is 8.61. The molecule has 4 amide bonds. The van der Waals surface area contributed by atoms with Crippen LogP contribution < -0.4 is 16.0 Å². The number of hydrogen-bond donors (Lipinski definition) is 3. The van der Waals surface area contributed by atoms with Crippen molar-refractivity contribution in [2.45, 2.75) is 117 Å². The molecule has 1 saturated carbocycles. The molecule has 1 aliphatic carbocycles. The first kappa shape index (κ1) is 35.7. The molecule has 2 heterocycles. The monoisotopic (exact) mass is 630 g/mol. The number of hydrogen-bond acceptors (Lipinski definition) is 9. The van der Waals surface area contributed by atoms with E-state index in [1.807, 2.05) is 0 Å². The molecule has 2 aliphatic rings. The van der Waals surface area contributed by atoms with Crippen LogP contribution in [0.1, 0.15) is 98.0 Å². The van der Waals surface area contributed by atoms with Gasteiger partial charge in [0, 0.05) is 25.5 Å². The lowest BCUT2D eigenvalue weighted by Crippen LogP contribution is -2.59. The number of nitrogens with zero attached hydrogens (tertiary/aromatic N) is 3. The highest BCUT2D eigenvalue weighted by Crippen LogP contribution is 2.28. The predicted molar refractivity (Wildman–Crippen MR) is 166 cm³/mol. The fraction of sp³-hybridized carbons (Fsp3) is 0.719. The maximum Gasteiger partial charge on any atom is 0.410 e. The number of aromatic nitrogens is 2. The Morgan fingerprint density at radius 1 is 0.867 bits per heavy atom. The van der Waals surface area contributed by atoms with Gasteiger partial charge >= 0.3 is 12.1 Å². The van der Waals surface area contributed by atoms with Gasteiger partial charge in [0.2, 0.25) is 11.8 Å². The molecule has 0 radical (unpaired) electrons. The number of carbonyl (C=O) groups excluding carboxylic acids is 5. The Bertz CT molecular complexity index is 1200. The summed E-state index contributed by atoms with van der Waals surface area (Å²) in [7, 11) is 0. The molecule has 0 spiro atoms. The number of carbonyl (C=O) groups is 5. The Hall–Kier alpha value is -3.77.